The number of aromatic nitrogens is 2. The van der Waals surface area contributed by atoms with Crippen molar-refractivity contribution >= 4 is 0 Å². The molecule has 0 bridgehead atoms. The lowest BCUT2D eigenvalue weighted by Crippen LogP contribution is -2.21. The molecule has 0 saturated heterocycles. The van der Waals surface area contributed by atoms with Crippen molar-refractivity contribution in [2.24, 2.45) is 0 Å². The third-order valence-electron chi connectivity index (χ3n) is 3.78. The second-order valence-electron chi connectivity index (χ2n) is 5.37. The molecule has 116 valence electrons. The van der Waals surface area contributed by atoms with E-state index < -0.39 is 0 Å². The lowest BCUT2D eigenvalue weighted by atomic mass is 10.0. The Kier molecular flexibility index (Phi) is 8.35. The number of nitrogens with zero attached hydrogens (tertiary/aromatic N) is 2. The summed E-state index contributed by atoms with van der Waals surface area (Å²) in [6.45, 7) is 5.38. The highest BCUT2D eigenvalue weighted by atomic mass is 16.5. The molecule has 1 atom stereocenters. The van der Waals surface area contributed by atoms with E-state index in [1.54, 1.807) is 7.11 Å². The number of methoxy groups -OCH3 is 1. The van der Waals surface area contributed by atoms with Gasteiger partial charge in [-0.05, 0) is 19.9 Å². The number of nitrogens with one attached hydrogen (secondary N) is 1. The molecule has 4 nitrogen and oxygen atoms in total. The molecule has 0 radical (unpaired) electrons. The van der Waals surface area contributed by atoms with Gasteiger partial charge in [0.1, 0.15) is 0 Å². The molecule has 0 aliphatic carbocycles. The van der Waals surface area contributed by atoms with Crippen LogP contribution in [0.4, 0.5) is 0 Å². The van der Waals surface area contributed by atoms with E-state index in [2.05, 4.69) is 28.9 Å². The van der Waals surface area contributed by atoms with Crippen molar-refractivity contribution in [1.29, 1.82) is 0 Å². The Bertz CT molecular complexity index is 363. The molecular formula is C16H31N3O. The van der Waals surface area contributed by atoms with Gasteiger partial charge in [0.2, 0.25) is 0 Å². The predicted octanol–water partition coefficient (Wildman–Crippen LogP) is 3.92. The van der Waals surface area contributed by atoms with Gasteiger partial charge in [0.15, 0.2) is 5.75 Å². The summed E-state index contributed by atoms with van der Waals surface area (Å²) in [5, 5.41) is 7.88. The van der Waals surface area contributed by atoms with Gasteiger partial charge in [-0.2, -0.15) is 5.10 Å². The summed E-state index contributed by atoms with van der Waals surface area (Å²) in [7, 11) is 3.75. The number of hydrogen-bond acceptors (Lipinski definition) is 3. The van der Waals surface area contributed by atoms with Crippen LogP contribution < -0.4 is 10.1 Å². The van der Waals surface area contributed by atoms with Crippen molar-refractivity contribution in [3.63, 3.8) is 0 Å². The molecule has 20 heavy (non-hydrogen) atoms. The van der Waals surface area contributed by atoms with Gasteiger partial charge in [0, 0.05) is 6.54 Å². The van der Waals surface area contributed by atoms with Crippen molar-refractivity contribution in [3.8, 4) is 5.75 Å². The highest BCUT2D eigenvalue weighted by Gasteiger charge is 2.19. The van der Waals surface area contributed by atoms with Crippen LogP contribution in [-0.4, -0.2) is 23.9 Å². The zero-order valence-electron chi connectivity index (χ0n) is 13.6. The summed E-state index contributed by atoms with van der Waals surface area (Å²) < 4.78 is 7.57. The Balaban J connectivity index is 2.65. The lowest BCUT2D eigenvalue weighted by Gasteiger charge is -2.19. The second kappa shape index (κ2) is 9.81. The highest BCUT2D eigenvalue weighted by Crippen LogP contribution is 2.28. The zero-order chi connectivity index (χ0) is 14.8. The van der Waals surface area contributed by atoms with Crippen LogP contribution in [0, 0.1) is 0 Å². The van der Waals surface area contributed by atoms with E-state index in [1.165, 1.54) is 37.8 Å². The summed E-state index contributed by atoms with van der Waals surface area (Å²) in [4.78, 5) is 0. The minimum absolute atomic E-state index is 0.334. The van der Waals surface area contributed by atoms with Gasteiger partial charge >= 0.3 is 0 Å². The van der Waals surface area contributed by atoms with Crippen LogP contribution in [0.2, 0.25) is 0 Å². The Morgan fingerprint density at radius 2 is 1.95 bits per heavy atom. The number of rotatable bonds is 11. The van der Waals surface area contributed by atoms with Crippen LogP contribution in [0.15, 0.2) is 6.20 Å². The maximum Gasteiger partial charge on any atom is 0.161 e. The van der Waals surface area contributed by atoms with Gasteiger partial charge in [-0.25, -0.2) is 0 Å². The minimum Gasteiger partial charge on any atom is -0.493 e. The van der Waals surface area contributed by atoms with Crippen molar-refractivity contribution < 1.29 is 4.74 Å². The summed E-state index contributed by atoms with van der Waals surface area (Å²) in [6, 6.07) is 0.334. The normalized spacial score (nSPS) is 12.6. The second-order valence-corrected chi connectivity index (χ2v) is 5.37. The van der Waals surface area contributed by atoms with Crippen LogP contribution >= 0.6 is 0 Å². The molecule has 1 unspecified atom stereocenters. The van der Waals surface area contributed by atoms with E-state index in [1.807, 2.05) is 13.2 Å². The Hall–Kier alpha value is -1.03. The molecular weight excluding hydrogens is 250 g/mol. The van der Waals surface area contributed by atoms with Gasteiger partial charge in [-0.15, -0.1) is 0 Å². The lowest BCUT2D eigenvalue weighted by molar-refractivity contribution is 0.385. The largest absolute Gasteiger partial charge is 0.493 e. The Morgan fingerprint density at radius 1 is 1.20 bits per heavy atom. The third-order valence-corrected chi connectivity index (χ3v) is 3.78. The molecule has 1 rings (SSSR count). The number of ether oxygens (including phenoxy) is 1. The first-order valence-electron chi connectivity index (χ1n) is 8.05. The molecule has 0 aliphatic rings. The zero-order valence-corrected chi connectivity index (χ0v) is 13.6. The van der Waals surface area contributed by atoms with Crippen molar-refractivity contribution in [1.82, 2.24) is 15.1 Å². The fourth-order valence-electron chi connectivity index (χ4n) is 2.65. The molecule has 0 aromatic carbocycles. The first-order valence-corrected chi connectivity index (χ1v) is 8.05. The average molecular weight is 281 g/mol. The third kappa shape index (κ3) is 4.82. The van der Waals surface area contributed by atoms with Gasteiger partial charge in [-0.1, -0.05) is 46.0 Å². The quantitative estimate of drug-likeness (QED) is 0.625. The predicted molar refractivity (Wildman–Crippen MR) is 84.2 cm³/mol. The summed E-state index contributed by atoms with van der Waals surface area (Å²) in [5.74, 6) is 0.909. The van der Waals surface area contributed by atoms with Crippen LogP contribution in [0.1, 0.15) is 70.5 Å². The first-order chi connectivity index (χ1) is 9.78. The van der Waals surface area contributed by atoms with E-state index in [0.717, 1.165) is 25.1 Å². The summed E-state index contributed by atoms with van der Waals surface area (Å²) >= 11 is 0. The maximum absolute atomic E-state index is 5.48. The molecule has 4 heteroatoms. The molecule has 1 aromatic heterocycles. The summed E-state index contributed by atoms with van der Waals surface area (Å²) in [6.07, 6.45) is 10.6. The maximum atomic E-state index is 5.48. The van der Waals surface area contributed by atoms with Gasteiger partial charge in [0.25, 0.3) is 0 Å². The average Bonchev–Trinajstić information content (AvgIpc) is 2.86. The topological polar surface area (TPSA) is 39.1 Å². The van der Waals surface area contributed by atoms with Crippen LogP contribution in [-0.2, 0) is 6.54 Å². The highest BCUT2D eigenvalue weighted by molar-refractivity contribution is 5.28. The van der Waals surface area contributed by atoms with Gasteiger partial charge < -0.3 is 10.1 Å². The molecule has 0 aliphatic heterocycles. The monoisotopic (exact) mass is 281 g/mol. The van der Waals surface area contributed by atoms with Crippen molar-refractivity contribution in [2.75, 3.05) is 14.2 Å². The number of unbranched alkanes of at least 4 members (excludes halogenated alkanes) is 4. The van der Waals surface area contributed by atoms with E-state index in [4.69, 9.17) is 4.74 Å². The summed E-state index contributed by atoms with van der Waals surface area (Å²) in [5.41, 5.74) is 1.20. The fraction of sp³-hybridized carbons (Fsp3) is 0.812. The smallest absolute Gasteiger partial charge is 0.161 e. The first kappa shape index (κ1) is 17.0. The number of aryl methyl sites for hydroxylation is 1. The molecule has 0 fully saturated rings. The minimum atomic E-state index is 0.334. The standard InChI is InChI=1S/C16H31N3O/c1-5-7-8-9-10-11-14(17-3)16-15(20-4)13-18-19(16)12-6-2/h13-14,17H,5-12H2,1-4H3. The SMILES string of the molecule is CCCCCCCC(NC)c1c(OC)cnn1CCC. The van der Waals surface area contributed by atoms with Crippen LogP contribution in [0.5, 0.6) is 5.75 Å². The van der Waals surface area contributed by atoms with E-state index in [0.29, 0.717) is 6.04 Å². The van der Waals surface area contributed by atoms with E-state index in [-0.39, 0.29) is 0 Å². The van der Waals surface area contributed by atoms with E-state index in [9.17, 15) is 0 Å². The Labute approximate surface area is 123 Å². The molecule has 0 amide bonds. The fourth-order valence-corrected chi connectivity index (χ4v) is 2.65. The molecule has 1 heterocycles. The molecule has 1 N–H and O–H groups in total. The van der Waals surface area contributed by atoms with Gasteiger partial charge in [-0.3, -0.25) is 4.68 Å². The van der Waals surface area contributed by atoms with Crippen molar-refractivity contribution in [3.05, 3.63) is 11.9 Å². The molecule has 1 aromatic rings. The number of hydrogen-bond donors (Lipinski definition) is 1. The van der Waals surface area contributed by atoms with Crippen LogP contribution in [0.25, 0.3) is 0 Å². The van der Waals surface area contributed by atoms with E-state index >= 15 is 0 Å². The Morgan fingerprint density at radius 3 is 2.55 bits per heavy atom. The molecule has 0 saturated carbocycles. The van der Waals surface area contributed by atoms with Gasteiger partial charge in [0.05, 0.1) is 25.0 Å². The van der Waals surface area contributed by atoms with Crippen LogP contribution in [0.3, 0.4) is 0 Å². The van der Waals surface area contributed by atoms with Crippen molar-refractivity contribution in [2.45, 2.75) is 71.4 Å². The molecule has 0 spiro atoms.